The zero-order valence-corrected chi connectivity index (χ0v) is 15.1. The van der Waals surface area contributed by atoms with Crippen molar-refractivity contribution in [2.45, 2.75) is 6.42 Å². The number of methoxy groups -OCH3 is 1. The van der Waals surface area contributed by atoms with Crippen LogP contribution in [0.25, 0.3) is 0 Å². The third-order valence-corrected chi connectivity index (χ3v) is 2.70. The minimum Gasteiger partial charge on any atom is -0.495 e. The van der Waals surface area contributed by atoms with Gasteiger partial charge in [-0.2, -0.15) is 0 Å². The predicted molar refractivity (Wildman–Crippen MR) is 99.2 cm³/mol. The van der Waals surface area contributed by atoms with E-state index in [0.717, 1.165) is 12.1 Å². The second-order valence-electron chi connectivity index (χ2n) is 3.93. The van der Waals surface area contributed by atoms with Gasteiger partial charge < -0.3 is 20.5 Å². The summed E-state index contributed by atoms with van der Waals surface area (Å²) in [7, 11) is 1.57. The van der Waals surface area contributed by atoms with E-state index in [1.54, 1.807) is 19.2 Å². The van der Waals surface area contributed by atoms with Crippen LogP contribution in [0.15, 0.2) is 35.8 Å². The Balaban J connectivity index is 0.00000400. The predicted octanol–water partition coefficient (Wildman–Crippen LogP) is 3.29. The van der Waals surface area contributed by atoms with Crippen LogP contribution in [0.4, 0.5) is 5.69 Å². The Kier molecular flexibility index (Phi) is 11.1. The number of hydrogen-bond acceptors (Lipinski definition) is 3. The fraction of sp³-hybridized carbons (Fsp3) is 0.357. The molecule has 3 N–H and O–H groups in total. The molecule has 0 fully saturated rings. The molecule has 0 radical (unpaired) electrons. The molecule has 0 spiro atoms. The Morgan fingerprint density at radius 2 is 2.24 bits per heavy atom. The highest BCUT2D eigenvalue weighted by Gasteiger charge is 2.02. The number of nitrogens with zero attached hydrogens (tertiary/aromatic N) is 1. The van der Waals surface area contributed by atoms with Crippen molar-refractivity contribution >= 4 is 47.2 Å². The van der Waals surface area contributed by atoms with Gasteiger partial charge in [0.15, 0.2) is 5.96 Å². The van der Waals surface area contributed by atoms with Crippen LogP contribution in [0.2, 0.25) is 5.02 Å². The summed E-state index contributed by atoms with van der Waals surface area (Å²) in [6, 6.07) is 5.30. The second-order valence-corrected chi connectivity index (χ2v) is 4.34. The number of nitrogens with one attached hydrogen (secondary N) is 1. The number of rotatable bonds is 8. The summed E-state index contributed by atoms with van der Waals surface area (Å²) in [5.74, 6) is 0.932. The quantitative estimate of drug-likeness (QED) is 0.220. The van der Waals surface area contributed by atoms with Crippen molar-refractivity contribution in [2.75, 3.05) is 32.2 Å². The molecule has 0 saturated carbocycles. The SMILES string of the molecule is C=CCCOCCN=C(N)Nc1ccc(OC)c(Cl)c1.I. The summed E-state index contributed by atoms with van der Waals surface area (Å²) in [5.41, 5.74) is 6.51. The first-order valence-electron chi connectivity index (χ1n) is 6.26. The summed E-state index contributed by atoms with van der Waals surface area (Å²) >= 11 is 6.01. The number of hydrogen-bond donors (Lipinski definition) is 2. The van der Waals surface area contributed by atoms with Crippen LogP contribution in [0, 0.1) is 0 Å². The molecule has 1 aromatic rings. The maximum atomic E-state index is 6.01. The van der Waals surface area contributed by atoms with Crippen LogP contribution < -0.4 is 15.8 Å². The molecule has 118 valence electrons. The number of benzene rings is 1. The van der Waals surface area contributed by atoms with Crippen LogP contribution in [0.1, 0.15) is 6.42 Å². The minimum absolute atomic E-state index is 0. The van der Waals surface area contributed by atoms with Gasteiger partial charge in [-0.05, 0) is 24.6 Å². The van der Waals surface area contributed by atoms with Crippen molar-refractivity contribution in [3.8, 4) is 5.75 Å². The van der Waals surface area contributed by atoms with Gasteiger partial charge in [0.2, 0.25) is 0 Å². The van der Waals surface area contributed by atoms with E-state index in [2.05, 4.69) is 16.9 Å². The lowest BCUT2D eigenvalue weighted by Gasteiger charge is -2.08. The smallest absolute Gasteiger partial charge is 0.193 e. The van der Waals surface area contributed by atoms with Crippen molar-refractivity contribution in [3.05, 3.63) is 35.9 Å². The molecule has 0 unspecified atom stereocenters. The molecule has 0 aliphatic rings. The first-order chi connectivity index (χ1) is 9.67. The molecule has 0 atom stereocenters. The second kappa shape index (κ2) is 11.6. The lowest BCUT2D eigenvalue weighted by atomic mass is 10.3. The first-order valence-corrected chi connectivity index (χ1v) is 6.64. The summed E-state index contributed by atoms with van der Waals surface area (Å²) in [6.07, 6.45) is 2.65. The lowest BCUT2D eigenvalue weighted by Crippen LogP contribution is -2.23. The topological polar surface area (TPSA) is 68.9 Å². The normalized spacial score (nSPS) is 10.7. The molecule has 0 saturated heterocycles. The fourth-order valence-electron chi connectivity index (χ4n) is 1.43. The minimum atomic E-state index is 0. The van der Waals surface area contributed by atoms with Crippen LogP contribution in [0.3, 0.4) is 0 Å². The maximum absolute atomic E-state index is 6.01. The average molecular weight is 426 g/mol. The standard InChI is InChI=1S/C14H20ClN3O2.HI/c1-3-4-8-20-9-7-17-14(16)18-11-5-6-13(19-2)12(15)10-11;/h3,5-6,10H,1,4,7-9H2,2H3,(H3,16,17,18);1H. The van der Waals surface area contributed by atoms with Crippen LogP contribution >= 0.6 is 35.6 Å². The van der Waals surface area contributed by atoms with Gasteiger partial charge in [-0.3, -0.25) is 4.99 Å². The number of anilines is 1. The molecule has 1 rings (SSSR count). The van der Waals surface area contributed by atoms with Gasteiger partial charge in [0.1, 0.15) is 5.75 Å². The van der Waals surface area contributed by atoms with Crippen LogP contribution in [-0.4, -0.2) is 32.8 Å². The van der Waals surface area contributed by atoms with Crippen molar-refractivity contribution < 1.29 is 9.47 Å². The Hall–Kier alpha value is -0.990. The molecule has 1 aromatic carbocycles. The number of nitrogens with two attached hydrogens (primary N) is 1. The lowest BCUT2D eigenvalue weighted by molar-refractivity contribution is 0.146. The zero-order valence-electron chi connectivity index (χ0n) is 12.0. The highest BCUT2D eigenvalue weighted by Crippen LogP contribution is 2.26. The summed E-state index contributed by atoms with van der Waals surface area (Å²) in [5, 5.41) is 3.46. The number of aliphatic imine (C=N–C) groups is 1. The Labute approximate surface area is 147 Å². The van der Waals surface area contributed by atoms with Gasteiger partial charge in [0.05, 0.1) is 31.9 Å². The molecular weight excluding hydrogens is 405 g/mol. The van der Waals surface area contributed by atoms with Crippen LogP contribution in [-0.2, 0) is 4.74 Å². The van der Waals surface area contributed by atoms with E-state index in [-0.39, 0.29) is 24.0 Å². The first kappa shape index (κ1) is 20.0. The molecule has 0 aromatic heterocycles. The van der Waals surface area contributed by atoms with Crippen molar-refractivity contribution in [1.82, 2.24) is 0 Å². The average Bonchev–Trinajstić information content (AvgIpc) is 2.43. The molecule has 5 nitrogen and oxygen atoms in total. The highest BCUT2D eigenvalue weighted by molar-refractivity contribution is 14.0. The molecule has 7 heteroatoms. The molecule has 21 heavy (non-hydrogen) atoms. The van der Waals surface area contributed by atoms with E-state index in [1.165, 1.54) is 0 Å². The Bertz CT molecular complexity index is 470. The largest absolute Gasteiger partial charge is 0.495 e. The number of guanidine groups is 1. The van der Waals surface area contributed by atoms with Gasteiger partial charge in [-0.1, -0.05) is 17.7 Å². The summed E-state index contributed by atoms with van der Waals surface area (Å²) in [4.78, 5) is 4.15. The Morgan fingerprint density at radius 1 is 1.48 bits per heavy atom. The van der Waals surface area contributed by atoms with Crippen LogP contribution in [0.5, 0.6) is 5.75 Å². The van der Waals surface area contributed by atoms with E-state index in [1.807, 2.05) is 12.1 Å². The zero-order chi connectivity index (χ0) is 14.8. The van der Waals surface area contributed by atoms with Crippen molar-refractivity contribution in [1.29, 1.82) is 0 Å². The molecule has 0 aliphatic carbocycles. The van der Waals surface area contributed by atoms with Gasteiger partial charge in [-0.15, -0.1) is 30.6 Å². The number of ether oxygens (including phenoxy) is 2. The monoisotopic (exact) mass is 425 g/mol. The molecular formula is C14H21ClIN3O2. The highest BCUT2D eigenvalue weighted by atomic mass is 127. The molecule has 0 aliphatic heterocycles. The Morgan fingerprint density at radius 3 is 2.86 bits per heavy atom. The van der Waals surface area contributed by atoms with E-state index >= 15 is 0 Å². The summed E-state index contributed by atoms with van der Waals surface area (Å²) < 4.78 is 10.4. The van der Waals surface area contributed by atoms with Gasteiger partial charge >= 0.3 is 0 Å². The maximum Gasteiger partial charge on any atom is 0.193 e. The van der Waals surface area contributed by atoms with Crippen molar-refractivity contribution in [2.24, 2.45) is 10.7 Å². The molecule has 0 heterocycles. The number of halogens is 2. The third kappa shape index (κ3) is 8.13. The van der Waals surface area contributed by atoms with E-state index in [0.29, 0.717) is 36.5 Å². The van der Waals surface area contributed by atoms with E-state index in [4.69, 9.17) is 26.8 Å². The summed E-state index contributed by atoms with van der Waals surface area (Å²) in [6.45, 7) is 5.30. The van der Waals surface area contributed by atoms with E-state index in [9.17, 15) is 0 Å². The fourth-order valence-corrected chi connectivity index (χ4v) is 1.69. The van der Waals surface area contributed by atoms with Gasteiger partial charge in [0.25, 0.3) is 0 Å². The molecule has 0 bridgehead atoms. The van der Waals surface area contributed by atoms with Crippen molar-refractivity contribution in [3.63, 3.8) is 0 Å². The van der Waals surface area contributed by atoms with Gasteiger partial charge in [0, 0.05) is 5.69 Å². The third-order valence-electron chi connectivity index (χ3n) is 2.41. The van der Waals surface area contributed by atoms with Gasteiger partial charge in [-0.25, -0.2) is 0 Å². The molecule has 0 amide bonds. The van der Waals surface area contributed by atoms with E-state index < -0.39 is 0 Å².